The number of carbonyl (C=O) groups excluding carboxylic acids is 2. The van der Waals surface area contributed by atoms with E-state index in [1.165, 1.54) is 4.68 Å². The Labute approximate surface area is 144 Å². The van der Waals surface area contributed by atoms with Crippen molar-refractivity contribution >= 4 is 11.9 Å². The summed E-state index contributed by atoms with van der Waals surface area (Å²) in [7, 11) is 1.58. The van der Waals surface area contributed by atoms with Gasteiger partial charge in [-0.05, 0) is 42.0 Å². The Balaban J connectivity index is 2.28. The predicted octanol–water partition coefficient (Wildman–Crippen LogP) is 0.940. The number of methoxy groups -OCH3 is 1. The van der Waals surface area contributed by atoms with Gasteiger partial charge >= 0.3 is 11.9 Å². The number of rotatable bonds is 8. The summed E-state index contributed by atoms with van der Waals surface area (Å²) in [5, 5.41) is 11.3. The molecule has 9 nitrogen and oxygen atoms in total. The Morgan fingerprint density at radius 3 is 2.20 bits per heavy atom. The van der Waals surface area contributed by atoms with Crippen molar-refractivity contribution in [1.82, 2.24) is 20.2 Å². The van der Waals surface area contributed by atoms with Crippen LogP contribution in [0, 0.1) is 0 Å². The van der Waals surface area contributed by atoms with Gasteiger partial charge in [0.05, 0.1) is 26.9 Å². The molecular weight excluding hydrogens is 328 g/mol. The zero-order valence-corrected chi connectivity index (χ0v) is 14.3. The molecule has 0 radical (unpaired) electrons. The molecule has 0 saturated carbocycles. The molecule has 9 heteroatoms. The number of benzene rings is 1. The minimum atomic E-state index is -1.33. The van der Waals surface area contributed by atoms with Crippen LogP contribution in [0.1, 0.15) is 31.2 Å². The van der Waals surface area contributed by atoms with Crippen molar-refractivity contribution in [3.8, 4) is 5.75 Å². The number of nitrogens with zero attached hydrogens (tertiary/aromatic N) is 4. The van der Waals surface area contributed by atoms with Gasteiger partial charge in [0.25, 0.3) is 0 Å². The Morgan fingerprint density at radius 1 is 1.08 bits per heavy atom. The first-order valence-corrected chi connectivity index (χ1v) is 7.82. The molecule has 1 aromatic carbocycles. The smallest absolute Gasteiger partial charge is 0.328 e. The third-order valence-corrected chi connectivity index (χ3v) is 3.35. The molecule has 0 amide bonds. The van der Waals surface area contributed by atoms with Crippen molar-refractivity contribution in [2.75, 3.05) is 20.3 Å². The summed E-state index contributed by atoms with van der Waals surface area (Å²) in [5.41, 5.74) is 0.876. The zero-order chi connectivity index (χ0) is 18.2. The van der Waals surface area contributed by atoms with Crippen LogP contribution in [-0.2, 0) is 25.6 Å². The van der Waals surface area contributed by atoms with Gasteiger partial charge in [0.1, 0.15) is 5.75 Å². The maximum atomic E-state index is 12.2. The number of tetrazole rings is 1. The van der Waals surface area contributed by atoms with Gasteiger partial charge in [-0.3, -0.25) is 9.59 Å². The monoisotopic (exact) mass is 348 g/mol. The lowest BCUT2D eigenvalue weighted by Gasteiger charge is -2.14. The molecule has 0 aliphatic carbocycles. The minimum Gasteiger partial charge on any atom is -0.497 e. The SMILES string of the molecule is CCOC(=O)C(C(=O)OCC)c1nnnn1Cc1ccc(OC)cc1. The zero-order valence-electron chi connectivity index (χ0n) is 14.3. The highest BCUT2D eigenvalue weighted by atomic mass is 16.6. The summed E-state index contributed by atoms with van der Waals surface area (Å²) in [5.74, 6) is -2.02. The molecule has 0 saturated heterocycles. The van der Waals surface area contributed by atoms with Crippen molar-refractivity contribution in [3.05, 3.63) is 35.7 Å². The highest BCUT2D eigenvalue weighted by Gasteiger charge is 2.36. The molecule has 2 rings (SSSR count). The predicted molar refractivity (Wildman–Crippen MR) is 85.9 cm³/mol. The summed E-state index contributed by atoms with van der Waals surface area (Å²) in [6, 6.07) is 7.28. The Kier molecular flexibility index (Phi) is 6.44. The van der Waals surface area contributed by atoms with E-state index < -0.39 is 17.9 Å². The lowest BCUT2D eigenvalue weighted by atomic mass is 10.1. The van der Waals surface area contributed by atoms with E-state index in [0.717, 1.165) is 11.3 Å². The van der Waals surface area contributed by atoms with E-state index >= 15 is 0 Å². The lowest BCUT2D eigenvalue weighted by Crippen LogP contribution is -2.29. The maximum Gasteiger partial charge on any atom is 0.328 e. The Hall–Kier alpha value is -2.97. The molecule has 0 fully saturated rings. The van der Waals surface area contributed by atoms with Crippen molar-refractivity contribution in [2.24, 2.45) is 0 Å². The van der Waals surface area contributed by atoms with Gasteiger partial charge in [0, 0.05) is 0 Å². The third kappa shape index (κ3) is 4.52. The normalized spacial score (nSPS) is 10.6. The van der Waals surface area contributed by atoms with Crippen molar-refractivity contribution in [1.29, 1.82) is 0 Å². The molecule has 0 atom stereocenters. The first kappa shape index (κ1) is 18.4. The standard InChI is InChI=1S/C16H20N4O5/c1-4-24-15(21)13(16(22)25-5-2)14-17-18-19-20(14)10-11-6-8-12(23-3)9-7-11/h6-9,13H,4-5,10H2,1-3H3. The van der Waals surface area contributed by atoms with Gasteiger partial charge < -0.3 is 14.2 Å². The van der Waals surface area contributed by atoms with E-state index in [4.69, 9.17) is 14.2 Å². The topological polar surface area (TPSA) is 105 Å². The van der Waals surface area contributed by atoms with Crippen LogP contribution < -0.4 is 4.74 Å². The summed E-state index contributed by atoms with van der Waals surface area (Å²) in [6.07, 6.45) is 0. The van der Waals surface area contributed by atoms with E-state index in [-0.39, 0.29) is 25.6 Å². The summed E-state index contributed by atoms with van der Waals surface area (Å²) in [4.78, 5) is 24.4. The summed E-state index contributed by atoms with van der Waals surface area (Å²) >= 11 is 0. The van der Waals surface area contributed by atoms with Crippen LogP contribution in [0.3, 0.4) is 0 Å². The van der Waals surface area contributed by atoms with E-state index in [0.29, 0.717) is 0 Å². The first-order chi connectivity index (χ1) is 12.1. The average molecular weight is 348 g/mol. The van der Waals surface area contributed by atoms with Crippen molar-refractivity contribution in [3.63, 3.8) is 0 Å². The quantitative estimate of drug-likeness (QED) is 0.513. The van der Waals surface area contributed by atoms with Crippen LogP contribution in [0.25, 0.3) is 0 Å². The van der Waals surface area contributed by atoms with E-state index in [2.05, 4.69) is 15.5 Å². The highest BCUT2D eigenvalue weighted by molar-refractivity contribution is 6.00. The number of hydrogen-bond acceptors (Lipinski definition) is 8. The second kappa shape index (κ2) is 8.76. The number of esters is 2. The lowest BCUT2D eigenvalue weighted by molar-refractivity contribution is -0.157. The Bertz CT molecular complexity index is 696. The van der Waals surface area contributed by atoms with Crippen LogP contribution in [0.4, 0.5) is 0 Å². The van der Waals surface area contributed by atoms with Crippen LogP contribution in [0.5, 0.6) is 5.75 Å². The van der Waals surface area contributed by atoms with Gasteiger partial charge in [-0.25, -0.2) is 4.68 Å². The van der Waals surface area contributed by atoms with Gasteiger partial charge in [-0.15, -0.1) is 5.10 Å². The third-order valence-electron chi connectivity index (χ3n) is 3.35. The number of aromatic nitrogens is 4. The maximum absolute atomic E-state index is 12.2. The summed E-state index contributed by atoms with van der Waals surface area (Å²) < 4.78 is 16.4. The average Bonchev–Trinajstić information content (AvgIpc) is 3.04. The molecule has 1 aromatic heterocycles. The van der Waals surface area contributed by atoms with Crippen LogP contribution in [0.2, 0.25) is 0 Å². The Morgan fingerprint density at radius 2 is 1.68 bits per heavy atom. The number of hydrogen-bond donors (Lipinski definition) is 0. The fraction of sp³-hybridized carbons (Fsp3) is 0.438. The molecule has 25 heavy (non-hydrogen) atoms. The largest absolute Gasteiger partial charge is 0.497 e. The van der Waals surface area contributed by atoms with E-state index in [1.54, 1.807) is 33.1 Å². The van der Waals surface area contributed by atoms with Gasteiger partial charge in [-0.2, -0.15) is 0 Å². The van der Waals surface area contributed by atoms with Crippen LogP contribution in [-0.4, -0.2) is 52.5 Å². The molecule has 134 valence electrons. The molecule has 2 aromatic rings. The van der Waals surface area contributed by atoms with E-state index in [1.807, 2.05) is 12.1 Å². The number of carbonyl (C=O) groups is 2. The molecule has 1 heterocycles. The highest BCUT2D eigenvalue weighted by Crippen LogP contribution is 2.19. The molecule has 0 bridgehead atoms. The van der Waals surface area contributed by atoms with Gasteiger partial charge in [0.2, 0.25) is 5.92 Å². The van der Waals surface area contributed by atoms with Crippen LogP contribution in [0.15, 0.2) is 24.3 Å². The molecule has 0 N–H and O–H groups in total. The molecule has 0 spiro atoms. The minimum absolute atomic E-state index is 0.0766. The second-order valence-corrected chi connectivity index (χ2v) is 4.98. The van der Waals surface area contributed by atoms with Crippen molar-refractivity contribution < 1.29 is 23.8 Å². The molecule has 0 aliphatic heterocycles. The van der Waals surface area contributed by atoms with Crippen molar-refractivity contribution in [2.45, 2.75) is 26.3 Å². The van der Waals surface area contributed by atoms with E-state index in [9.17, 15) is 9.59 Å². The van der Waals surface area contributed by atoms with Crippen LogP contribution >= 0.6 is 0 Å². The molecule has 0 unspecified atom stereocenters. The fourth-order valence-corrected chi connectivity index (χ4v) is 2.19. The fourth-order valence-electron chi connectivity index (χ4n) is 2.19. The molecular formula is C16H20N4O5. The second-order valence-electron chi connectivity index (χ2n) is 4.98. The summed E-state index contributed by atoms with van der Waals surface area (Å²) in [6.45, 7) is 3.85. The van der Waals surface area contributed by atoms with Gasteiger partial charge in [0.15, 0.2) is 5.82 Å². The first-order valence-electron chi connectivity index (χ1n) is 7.82. The van der Waals surface area contributed by atoms with Gasteiger partial charge in [-0.1, -0.05) is 12.1 Å². The number of ether oxygens (including phenoxy) is 3. The molecule has 0 aliphatic rings.